The molecule has 0 amide bonds. The topological polar surface area (TPSA) is 20.2 Å². The molecule has 9 atom stereocenters. The second kappa shape index (κ2) is 7.44. The van der Waals surface area contributed by atoms with Crippen molar-refractivity contribution in [1.29, 1.82) is 0 Å². The van der Waals surface area contributed by atoms with Crippen LogP contribution in [0.1, 0.15) is 105 Å². The predicted molar refractivity (Wildman–Crippen MR) is 119 cm³/mol. The lowest BCUT2D eigenvalue weighted by molar-refractivity contribution is -0.146. The highest BCUT2D eigenvalue weighted by Crippen LogP contribution is 2.68. The van der Waals surface area contributed by atoms with Crippen molar-refractivity contribution in [1.82, 2.24) is 0 Å². The van der Waals surface area contributed by atoms with Crippen LogP contribution in [-0.2, 0) is 0 Å². The van der Waals surface area contributed by atoms with E-state index >= 15 is 0 Å². The molecule has 4 rings (SSSR count). The van der Waals surface area contributed by atoms with E-state index in [1.165, 1.54) is 64.2 Å². The van der Waals surface area contributed by atoms with E-state index in [0.29, 0.717) is 16.7 Å². The molecular weight excluding hydrogens is 340 g/mol. The first-order valence-electron chi connectivity index (χ1n) is 12.5. The van der Waals surface area contributed by atoms with Gasteiger partial charge in [-0.3, -0.25) is 0 Å². The summed E-state index contributed by atoms with van der Waals surface area (Å²) in [5, 5.41) is 10.7. The second-order valence-electron chi connectivity index (χ2n) is 12.3. The number of rotatable bonds is 5. The minimum Gasteiger partial charge on any atom is -0.390 e. The van der Waals surface area contributed by atoms with E-state index in [4.69, 9.17) is 0 Å². The Labute approximate surface area is 174 Å². The first-order chi connectivity index (χ1) is 13.2. The van der Waals surface area contributed by atoms with Crippen molar-refractivity contribution in [2.24, 2.45) is 46.3 Å². The van der Waals surface area contributed by atoms with Crippen molar-refractivity contribution < 1.29 is 5.11 Å². The van der Waals surface area contributed by atoms with E-state index in [1.807, 2.05) is 0 Å². The van der Waals surface area contributed by atoms with E-state index in [1.54, 1.807) is 0 Å². The molecule has 4 aliphatic carbocycles. The van der Waals surface area contributed by atoms with Crippen molar-refractivity contribution in [2.45, 2.75) is 110 Å². The van der Waals surface area contributed by atoms with Gasteiger partial charge in [0, 0.05) is 0 Å². The number of aliphatic hydroxyl groups is 1. The van der Waals surface area contributed by atoms with Crippen molar-refractivity contribution in [3.05, 3.63) is 12.7 Å². The number of fused-ring (bicyclic) bond motifs is 5. The molecule has 4 aliphatic rings. The van der Waals surface area contributed by atoms with Gasteiger partial charge in [-0.1, -0.05) is 33.3 Å². The Bertz CT molecular complexity index is 579. The molecule has 4 saturated carbocycles. The van der Waals surface area contributed by atoms with Gasteiger partial charge in [0.2, 0.25) is 0 Å². The van der Waals surface area contributed by atoms with Crippen LogP contribution in [0.15, 0.2) is 12.7 Å². The Kier molecular flexibility index (Phi) is 5.56. The fourth-order valence-corrected chi connectivity index (χ4v) is 8.82. The molecular formula is C27H46O. The van der Waals surface area contributed by atoms with Crippen molar-refractivity contribution in [3.8, 4) is 0 Å². The predicted octanol–water partition coefficient (Wildman–Crippen LogP) is 7.39. The van der Waals surface area contributed by atoms with Gasteiger partial charge in [0.15, 0.2) is 0 Å². The number of hydrogen-bond donors (Lipinski definition) is 1. The summed E-state index contributed by atoms with van der Waals surface area (Å²) in [6, 6.07) is 0. The van der Waals surface area contributed by atoms with E-state index in [9.17, 15) is 5.11 Å². The third-order valence-corrected chi connectivity index (χ3v) is 10.8. The molecule has 28 heavy (non-hydrogen) atoms. The summed E-state index contributed by atoms with van der Waals surface area (Å²) in [5.41, 5.74) is 0.715. The van der Waals surface area contributed by atoms with Gasteiger partial charge in [-0.2, -0.15) is 0 Å². The van der Waals surface area contributed by atoms with Gasteiger partial charge < -0.3 is 5.11 Å². The Balaban J connectivity index is 1.45. The molecule has 0 aromatic heterocycles. The third-order valence-electron chi connectivity index (χ3n) is 10.8. The fraction of sp³-hybridized carbons (Fsp3) is 0.926. The number of allylic oxidation sites excluding steroid dienone is 1. The monoisotopic (exact) mass is 386 g/mol. The summed E-state index contributed by atoms with van der Waals surface area (Å²) >= 11 is 0. The average molecular weight is 387 g/mol. The molecule has 160 valence electrons. The SMILES string of the molecule is C=CC(C)CCCC1CC[C@H]2C3CCC4C[C@@](C)(O)CCC4(C)C3CCC12C. The lowest BCUT2D eigenvalue weighted by Crippen LogP contribution is -2.55. The van der Waals surface area contributed by atoms with Crippen LogP contribution in [0.2, 0.25) is 0 Å². The van der Waals surface area contributed by atoms with Crippen LogP contribution in [0, 0.1) is 46.3 Å². The van der Waals surface area contributed by atoms with Crippen LogP contribution in [0.3, 0.4) is 0 Å². The Hall–Kier alpha value is -0.300. The maximum absolute atomic E-state index is 10.7. The van der Waals surface area contributed by atoms with E-state index in [2.05, 4.69) is 40.3 Å². The van der Waals surface area contributed by atoms with Crippen LogP contribution >= 0.6 is 0 Å². The highest BCUT2D eigenvalue weighted by molar-refractivity contribution is 5.10. The van der Waals surface area contributed by atoms with E-state index in [-0.39, 0.29) is 0 Å². The normalized spacial score (nSPS) is 51.7. The molecule has 0 bridgehead atoms. The molecule has 1 N–H and O–H groups in total. The highest BCUT2D eigenvalue weighted by Gasteiger charge is 2.60. The zero-order valence-electron chi connectivity index (χ0n) is 19.2. The van der Waals surface area contributed by atoms with Crippen molar-refractivity contribution in [2.75, 3.05) is 0 Å². The van der Waals surface area contributed by atoms with Crippen LogP contribution in [0.4, 0.5) is 0 Å². The molecule has 7 unspecified atom stereocenters. The second-order valence-corrected chi connectivity index (χ2v) is 12.3. The Morgan fingerprint density at radius 1 is 0.964 bits per heavy atom. The third kappa shape index (κ3) is 3.42. The van der Waals surface area contributed by atoms with Gasteiger partial charge in [0.1, 0.15) is 0 Å². The van der Waals surface area contributed by atoms with Crippen molar-refractivity contribution in [3.63, 3.8) is 0 Å². The largest absolute Gasteiger partial charge is 0.390 e. The lowest BCUT2D eigenvalue weighted by Gasteiger charge is -2.62. The zero-order valence-corrected chi connectivity index (χ0v) is 19.2. The van der Waals surface area contributed by atoms with Gasteiger partial charge >= 0.3 is 0 Å². The zero-order chi connectivity index (χ0) is 20.2. The molecule has 0 aromatic rings. The van der Waals surface area contributed by atoms with Gasteiger partial charge in [-0.05, 0) is 124 Å². The molecule has 0 aliphatic heterocycles. The quantitative estimate of drug-likeness (QED) is 0.488. The average Bonchev–Trinajstić information content (AvgIpc) is 2.98. The maximum atomic E-state index is 10.7. The Morgan fingerprint density at radius 2 is 1.71 bits per heavy atom. The minimum absolute atomic E-state index is 0.402. The van der Waals surface area contributed by atoms with Crippen LogP contribution in [-0.4, -0.2) is 10.7 Å². The minimum atomic E-state index is -0.402. The first kappa shape index (κ1) is 21.0. The Morgan fingerprint density at radius 3 is 2.46 bits per heavy atom. The van der Waals surface area contributed by atoms with Gasteiger partial charge in [-0.25, -0.2) is 0 Å². The molecule has 0 saturated heterocycles. The molecule has 1 heteroatoms. The summed E-state index contributed by atoms with van der Waals surface area (Å²) in [6.45, 7) is 13.7. The van der Waals surface area contributed by atoms with Crippen LogP contribution in [0.25, 0.3) is 0 Å². The van der Waals surface area contributed by atoms with E-state index < -0.39 is 5.60 Å². The summed E-state index contributed by atoms with van der Waals surface area (Å²) in [7, 11) is 0. The van der Waals surface area contributed by atoms with E-state index in [0.717, 1.165) is 42.4 Å². The molecule has 4 fully saturated rings. The molecule has 0 radical (unpaired) electrons. The van der Waals surface area contributed by atoms with Crippen LogP contribution < -0.4 is 0 Å². The summed E-state index contributed by atoms with van der Waals surface area (Å²) in [5.74, 6) is 5.29. The molecule has 0 heterocycles. The molecule has 0 aromatic carbocycles. The molecule has 1 nitrogen and oxygen atoms in total. The summed E-state index contributed by atoms with van der Waals surface area (Å²) < 4.78 is 0. The summed E-state index contributed by atoms with van der Waals surface area (Å²) in [4.78, 5) is 0. The first-order valence-corrected chi connectivity index (χ1v) is 12.5. The van der Waals surface area contributed by atoms with Gasteiger partial charge in [-0.15, -0.1) is 6.58 Å². The van der Waals surface area contributed by atoms with Crippen molar-refractivity contribution >= 4 is 0 Å². The standard InChI is InChI=1S/C27H46O/c1-6-19(2)8-7-9-20-11-13-23-22-12-10-21-18-25(3,28)16-17-27(21,5)24(22)14-15-26(20,23)4/h6,19-24,28H,1,7-18H2,2-5H3/t19?,20?,21?,22?,23-,24?,25-,26?,27?/m0/s1. The molecule has 0 spiro atoms. The highest BCUT2D eigenvalue weighted by atomic mass is 16.3. The van der Waals surface area contributed by atoms with Gasteiger partial charge in [0.05, 0.1) is 5.60 Å². The number of hydrogen-bond acceptors (Lipinski definition) is 1. The smallest absolute Gasteiger partial charge is 0.0622 e. The lowest BCUT2D eigenvalue weighted by atomic mass is 9.44. The van der Waals surface area contributed by atoms with Crippen LogP contribution in [0.5, 0.6) is 0 Å². The maximum Gasteiger partial charge on any atom is 0.0622 e. The fourth-order valence-electron chi connectivity index (χ4n) is 8.82. The summed E-state index contributed by atoms with van der Waals surface area (Å²) in [6.07, 6.45) is 18.4. The van der Waals surface area contributed by atoms with Gasteiger partial charge in [0.25, 0.3) is 0 Å².